The Hall–Kier alpha value is -1.59. The van der Waals surface area contributed by atoms with Crippen LogP contribution >= 0.6 is 0 Å². The molecule has 1 aliphatic rings. The van der Waals surface area contributed by atoms with Gasteiger partial charge in [0.2, 0.25) is 5.91 Å². The minimum absolute atomic E-state index is 0.0626. The van der Waals surface area contributed by atoms with Gasteiger partial charge in [0.25, 0.3) is 0 Å². The topological polar surface area (TPSA) is 59.6 Å². The fourth-order valence-corrected chi connectivity index (χ4v) is 2.10. The molecule has 1 amide bonds. The Morgan fingerprint density at radius 1 is 1.42 bits per heavy atom. The van der Waals surface area contributed by atoms with Crippen LogP contribution in [0.4, 0.5) is 5.69 Å². The van der Waals surface area contributed by atoms with E-state index in [-0.39, 0.29) is 11.9 Å². The molecule has 1 aliphatic heterocycles. The van der Waals surface area contributed by atoms with Crippen LogP contribution in [0.2, 0.25) is 0 Å². The number of nitrogens with one attached hydrogen (secondary N) is 2. The molecule has 0 bridgehead atoms. The van der Waals surface area contributed by atoms with Crippen LogP contribution in [0.15, 0.2) is 12.1 Å². The van der Waals surface area contributed by atoms with E-state index >= 15 is 0 Å². The normalized spacial score (nSPS) is 19.0. The van der Waals surface area contributed by atoms with Gasteiger partial charge in [0.05, 0.1) is 20.3 Å². The molecule has 0 aliphatic carbocycles. The molecule has 1 aromatic carbocycles. The van der Waals surface area contributed by atoms with Crippen LogP contribution in [0.3, 0.4) is 0 Å². The van der Waals surface area contributed by atoms with E-state index in [1.807, 2.05) is 26.0 Å². The predicted molar refractivity (Wildman–Crippen MR) is 73.7 cm³/mol. The summed E-state index contributed by atoms with van der Waals surface area (Å²) in [6, 6.07) is 3.57. The first kappa shape index (κ1) is 13.8. The van der Waals surface area contributed by atoms with Gasteiger partial charge in [-0.25, -0.2) is 0 Å². The lowest BCUT2D eigenvalue weighted by Crippen LogP contribution is -2.48. The van der Waals surface area contributed by atoms with Crippen LogP contribution in [0.5, 0.6) is 5.75 Å². The molecule has 5 heteroatoms. The third kappa shape index (κ3) is 3.24. The number of amides is 1. The largest absolute Gasteiger partial charge is 0.496 e. The second kappa shape index (κ2) is 6.04. The Balaban J connectivity index is 2.10. The van der Waals surface area contributed by atoms with Crippen molar-refractivity contribution in [1.29, 1.82) is 0 Å². The summed E-state index contributed by atoms with van der Waals surface area (Å²) in [5.41, 5.74) is 2.79. The van der Waals surface area contributed by atoms with E-state index in [1.54, 1.807) is 7.11 Å². The second-order valence-electron chi connectivity index (χ2n) is 4.71. The maximum Gasteiger partial charge on any atom is 0.243 e. The number of morpholine rings is 1. The number of carbonyl (C=O) groups is 1. The quantitative estimate of drug-likeness (QED) is 0.862. The van der Waals surface area contributed by atoms with Crippen molar-refractivity contribution >= 4 is 11.6 Å². The van der Waals surface area contributed by atoms with Crippen LogP contribution < -0.4 is 15.4 Å². The maximum atomic E-state index is 12.1. The van der Waals surface area contributed by atoms with Crippen molar-refractivity contribution < 1.29 is 14.3 Å². The van der Waals surface area contributed by atoms with Gasteiger partial charge in [-0.3, -0.25) is 4.79 Å². The number of benzene rings is 1. The van der Waals surface area contributed by atoms with E-state index < -0.39 is 0 Å². The van der Waals surface area contributed by atoms with Gasteiger partial charge in [-0.1, -0.05) is 0 Å². The molecular weight excluding hydrogens is 244 g/mol. The number of ether oxygens (including phenoxy) is 2. The highest BCUT2D eigenvalue weighted by atomic mass is 16.5. The minimum atomic E-state index is -0.282. The molecule has 0 aromatic heterocycles. The molecule has 1 fully saturated rings. The average molecular weight is 264 g/mol. The van der Waals surface area contributed by atoms with Crippen LogP contribution in [-0.2, 0) is 9.53 Å². The first-order valence-electron chi connectivity index (χ1n) is 6.39. The minimum Gasteiger partial charge on any atom is -0.496 e. The molecule has 2 N–H and O–H groups in total. The fourth-order valence-electron chi connectivity index (χ4n) is 2.10. The summed E-state index contributed by atoms with van der Waals surface area (Å²) in [6.45, 7) is 5.68. The standard InChI is InChI=1S/C14H20N2O3/c1-9-7-13(18-3)10(2)6-11(9)16-14(17)12-8-19-5-4-15-12/h6-7,12,15H,4-5,8H2,1-3H3,(H,16,17). The zero-order chi connectivity index (χ0) is 13.8. The van der Waals surface area contributed by atoms with Gasteiger partial charge in [0.1, 0.15) is 11.8 Å². The third-order valence-corrected chi connectivity index (χ3v) is 3.24. The number of hydrogen-bond acceptors (Lipinski definition) is 4. The summed E-state index contributed by atoms with van der Waals surface area (Å²) >= 11 is 0. The highest BCUT2D eigenvalue weighted by Crippen LogP contribution is 2.26. The molecule has 1 unspecified atom stereocenters. The summed E-state index contributed by atoms with van der Waals surface area (Å²) in [7, 11) is 1.64. The summed E-state index contributed by atoms with van der Waals surface area (Å²) in [4.78, 5) is 12.1. The number of carbonyl (C=O) groups excluding carboxylic acids is 1. The van der Waals surface area contributed by atoms with Crippen LogP contribution in [-0.4, -0.2) is 38.8 Å². The SMILES string of the molecule is COc1cc(C)c(NC(=O)C2COCCN2)cc1C. The smallest absolute Gasteiger partial charge is 0.243 e. The molecule has 1 heterocycles. The van der Waals surface area contributed by atoms with E-state index in [9.17, 15) is 4.79 Å². The van der Waals surface area contributed by atoms with Crippen molar-refractivity contribution in [3.05, 3.63) is 23.3 Å². The van der Waals surface area contributed by atoms with E-state index in [0.29, 0.717) is 19.8 Å². The first-order chi connectivity index (χ1) is 9.11. The lowest BCUT2D eigenvalue weighted by molar-refractivity contribution is -0.120. The third-order valence-electron chi connectivity index (χ3n) is 3.24. The molecule has 5 nitrogen and oxygen atoms in total. The zero-order valence-electron chi connectivity index (χ0n) is 11.6. The van der Waals surface area contributed by atoms with Gasteiger partial charge >= 0.3 is 0 Å². The molecule has 19 heavy (non-hydrogen) atoms. The molecule has 0 radical (unpaired) electrons. The van der Waals surface area contributed by atoms with Gasteiger partial charge in [-0.2, -0.15) is 0 Å². The zero-order valence-corrected chi connectivity index (χ0v) is 11.6. The summed E-state index contributed by atoms with van der Waals surface area (Å²) < 4.78 is 10.5. The van der Waals surface area contributed by atoms with Gasteiger partial charge < -0.3 is 20.1 Å². The lowest BCUT2D eigenvalue weighted by atomic mass is 10.1. The Morgan fingerprint density at radius 3 is 2.84 bits per heavy atom. The number of hydrogen-bond donors (Lipinski definition) is 2. The van der Waals surface area contributed by atoms with E-state index in [0.717, 1.165) is 22.6 Å². The van der Waals surface area contributed by atoms with Crippen LogP contribution in [0, 0.1) is 13.8 Å². The number of anilines is 1. The van der Waals surface area contributed by atoms with E-state index in [4.69, 9.17) is 9.47 Å². The summed E-state index contributed by atoms with van der Waals surface area (Å²) in [6.07, 6.45) is 0. The molecule has 0 spiro atoms. The van der Waals surface area contributed by atoms with Crippen molar-refractivity contribution in [2.75, 3.05) is 32.2 Å². The van der Waals surface area contributed by atoms with Crippen molar-refractivity contribution in [2.45, 2.75) is 19.9 Å². The molecular formula is C14H20N2O3. The van der Waals surface area contributed by atoms with Crippen molar-refractivity contribution in [2.24, 2.45) is 0 Å². The van der Waals surface area contributed by atoms with Crippen molar-refractivity contribution in [3.63, 3.8) is 0 Å². The monoisotopic (exact) mass is 264 g/mol. The van der Waals surface area contributed by atoms with Crippen molar-refractivity contribution in [1.82, 2.24) is 5.32 Å². The number of rotatable bonds is 3. The van der Waals surface area contributed by atoms with E-state index in [1.165, 1.54) is 0 Å². The summed E-state index contributed by atoms with van der Waals surface area (Å²) in [5, 5.41) is 6.07. The molecule has 1 atom stereocenters. The lowest BCUT2D eigenvalue weighted by Gasteiger charge is -2.23. The van der Waals surface area contributed by atoms with Gasteiger partial charge in [0, 0.05) is 12.2 Å². The Labute approximate surface area is 113 Å². The molecule has 1 aromatic rings. The molecule has 0 saturated carbocycles. The first-order valence-corrected chi connectivity index (χ1v) is 6.39. The van der Waals surface area contributed by atoms with Crippen LogP contribution in [0.1, 0.15) is 11.1 Å². The number of aryl methyl sites for hydroxylation is 2. The average Bonchev–Trinajstić information content (AvgIpc) is 2.43. The maximum absolute atomic E-state index is 12.1. The highest BCUT2D eigenvalue weighted by molar-refractivity contribution is 5.95. The van der Waals surface area contributed by atoms with E-state index in [2.05, 4.69) is 10.6 Å². The Bertz CT molecular complexity index is 468. The van der Waals surface area contributed by atoms with Gasteiger partial charge in [-0.05, 0) is 37.1 Å². The Morgan fingerprint density at radius 2 is 2.21 bits per heavy atom. The molecule has 104 valence electrons. The highest BCUT2D eigenvalue weighted by Gasteiger charge is 2.21. The summed E-state index contributed by atoms with van der Waals surface area (Å²) in [5.74, 6) is 0.766. The number of methoxy groups -OCH3 is 1. The van der Waals surface area contributed by atoms with Crippen molar-refractivity contribution in [3.8, 4) is 5.75 Å². The predicted octanol–water partition coefficient (Wildman–Crippen LogP) is 1.24. The molecule has 2 rings (SSSR count). The second-order valence-corrected chi connectivity index (χ2v) is 4.71. The molecule has 1 saturated heterocycles. The van der Waals surface area contributed by atoms with Crippen LogP contribution in [0.25, 0.3) is 0 Å². The Kier molecular flexibility index (Phi) is 4.39. The van der Waals surface area contributed by atoms with Gasteiger partial charge in [0.15, 0.2) is 0 Å². The fraction of sp³-hybridized carbons (Fsp3) is 0.500. The van der Waals surface area contributed by atoms with Gasteiger partial charge in [-0.15, -0.1) is 0 Å².